The van der Waals surface area contributed by atoms with Gasteiger partial charge in [-0.25, -0.2) is 4.98 Å². The van der Waals surface area contributed by atoms with Gasteiger partial charge in [-0.1, -0.05) is 37.7 Å². The zero-order valence-electron chi connectivity index (χ0n) is 15.9. The molecule has 1 aliphatic heterocycles. The van der Waals surface area contributed by atoms with Crippen molar-refractivity contribution in [3.63, 3.8) is 0 Å². The van der Waals surface area contributed by atoms with Crippen LogP contribution >= 0.6 is 11.8 Å². The molecule has 0 radical (unpaired) electrons. The van der Waals surface area contributed by atoms with Crippen LogP contribution in [0.4, 0.5) is 0 Å². The molecule has 146 valence electrons. The van der Waals surface area contributed by atoms with Crippen molar-refractivity contribution in [1.82, 2.24) is 14.9 Å². The van der Waals surface area contributed by atoms with Crippen LogP contribution in [0.15, 0.2) is 34.2 Å². The number of benzene rings is 1. The van der Waals surface area contributed by atoms with E-state index >= 15 is 0 Å². The summed E-state index contributed by atoms with van der Waals surface area (Å²) in [6.07, 6.45) is 3.80. The monoisotopic (exact) mass is 389 g/mol. The van der Waals surface area contributed by atoms with E-state index in [-0.39, 0.29) is 29.4 Å². The van der Waals surface area contributed by atoms with Gasteiger partial charge in [0.2, 0.25) is 5.91 Å². The molecule has 0 aliphatic carbocycles. The molecule has 27 heavy (non-hydrogen) atoms. The van der Waals surface area contributed by atoms with Crippen LogP contribution in [-0.4, -0.2) is 40.0 Å². The maximum Gasteiger partial charge on any atom is 0.262 e. The molecule has 1 fully saturated rings. The highest BCUT2D eigenvalue weighted by molar-refractivity contribution is 7.99. The number of carbonyl (C=O) groups excluding carboxylic acids is 1. The summed E-state index contributed by atoms with van der Waals surface area (Å²) in [5.41, 5.74) is 0.591. The molecule has 1 saturated heterocycles. The highest BCUT2D eigenvalue weighted by Gasteiger charge is 2.21. The normalized spacial score (nSPS) is 16.9. The Bertz CT molecular complexity index is 842. The van der Waals surface area contributed by atoms with Crippen molar-refractivity contribution < 1.29 is 9.53 Å². The molecule has 0 saturated carbocycles. The Hall–Kier alpha value is -1.86. The van der Waals surface area contributed by atoms with Crippen molar-refractivity contribution in [2.75, 3.05) is 12.4 Å². The number of aromatic nitrogens is 2. The predicted octanol–water partition coefficient (Wildman–Crippen LogP) is 2.97. The Labute approximate surface area is 163 Å². The van der Waals surface area contributed by atoms with Gasteiger partial charge in [0.1, 0.15) is 0 Å². The Morgan fingerprint density at radius 2 is 2.15 bits per heavy atom. The first-order valence-corrected chi connectivity index (χ1v) is 10.6. The summed E-state index contributed by atoms with van der Waals surface area (Å²) in [6, 6.07) is 7.54. The second kappa shape index (κ2) is 9.37. The van der Waals surface area contributed by atoms with Crippen LogP contribution in [-0.2, 0) is 16.1 Å². The van der Waals surface area contributed by atoms with Gasteiger partial charge < -0.3 is 10.1 Å². The second-order valence-electron chi connectivity index (χ2n) is 6.83. The maximum absolute atomic E-state index is 13.0. The number of ether oxygens (including phenoxy) is 1. The summed E-state index contributed by atoms with van der Waals surface area (Å²) < 4.78 is 7.38. The van der Waals surface area contributed by atoms with Gasteiger partial charge in [-0.2, -0.15) is 0 Å². The number of nitrogens with one attached hydrogen (secondary N) is 1. The number of thioether (sulfide) groups is 1. The topological polar surface area (TPSA) is 73.2 Å². The molecular formula is C20H27N3O3S. The van der Waals surface area contributed by atoms with Gasteiger partial charge >= 0.3 is 0 Å². The number of fused-ring (bicyclic) bond motifs is 1. The van der Waals surface area contributed by atoms with E-state index in [1.807, 2.05) is 18.2 Å². The van der Waals surface area contributed by atoms with Crippen molar-refractivity contribution in [1.29, 1.82) is 0 Å². The fourth-order valence-electron chi connectivity index (χ4n) is 3.30. The fourth-order valence-corrected chi connectivity index (χ4v) is 4.12. The van der Waals surface area contributed by atoms with Gasteiger partial charge in [-0.05, 0) is 37.8 Å². The van der Waals surface area contributed by atoms with E-state index in [0.717, 1.165) is 32.3 Å². The molecule has 1 aliphatic rings. The molecule has 3 rings (SSSR count). The highest BCUT2D eigenvalue weighted by atomic mass is 32.2. The van der Waals surface area contributed by atoms with Gasteiger partial charge in [-0.3, -0.25) is 14.2 Å². The number of nitrogens with zero attached hydrogens (tertiary/aromatic N) is 2. The van der Waals surface area contributed by atoms with E-state index in [0.29, 0.717) is 22.6 Å². The Morgan fingerprint density at radius 1 is 1.37 bits per heavy atom. The van der Waals surface area contributed by atoms with Crippen molar-refractivity contribution in [3.05, 3.63) is 34.6 Å². The molecular weight excluding hydrogens is 362 g/mol. The van der Waals surface area contributed by atoms with Crippen molar-refractivity contribution in [3.8, 4) is 0 Å². The lowest BCUT2D eigenvalue weighted by atomic mass is 10.2. The molecule has 0 spiro atoms. The summed E-state index contributed by atoms with van der Waals surface area (Å²) in [5.74, 6) is 0.215. The van der Waals surface area contributed by atoms with E-state index in [2.05, 4.69) is 24.1 Å². The molecule has 0 unspecified atom stereocenters. The van der Waals surface area contributed by atoms with Gasteiger partial charge in [0, 0.05) is 12.6 Å². The zero-order valence-corrected chi connectivity index (χ0v) is 16.8. The summed E-state index contributed by atoms with van der Waals surface area (Å²) >= 11 is 1.31. The maximum atomic E-state index is 13.0. The average molecular weight is 390 g/mol. The summed E-state index contributed by atoms with van der Waals surface area (Å²) in [6.45, 7) is 5.34. The van der Waals surface area contributed by atoms with E-state index in [9.17, 15) is 9.59 Å². The third kappa shape index (κ3) is 4.90. The lowest BCUT2D eigenvalue weighted by molar-refractivity contribution is -0.119. The van der Waals surface area contributed by atoms with Crippen molar-refractivity contribution >= 4 is 28.6 Å². The van der Waals surface area contributed by atoms with Crippen LogP contribution in [0, 0.1) is 0 Å². The summed E-state index contributed by atoms with van der Waals surface area (Å²) in [5, 5.41) is 4.21. The Balaban J connectivity index is 1.83. The third-order valence-electron chi connectivity index (χ3n) is 4.92. The molecule has 1 atom stereocenters. The highest BCUT2D eigenvalue weighted by Crippen LogP contribution is 2.21. The number of para-hydroxylation sites is 1. The molecule has 6 nitrogen and oxygen atoms in total. The van der Waals surface area contributed by atoms with Gasteiger partial charge in [0.05, 0.1) is 29.3 Å². The SMILES string of the molecule is CCC(CC)NC(=O)CSc1nc2ccccc2c(=O)n1C[C@H]1CCCO1. The molecule has 1 amide bonds. The predicted molar refractivity (Wildman–Crippen MR) is 108 cm³/mol. The minimum Gasteiger partial charge on any atom is -0.376 e. The first kappa shape index (κ1) is 19.9. The Kier molecular flexibility index (Phi) is 6.90. The van der Waals surface area contributed by atoms with Gasteiger partial charge in [0.15, 0.2) is 5.16 Å². The number of carbonyl (C=O) groups is 1. The third-order valence-corrected chi connectivity index (χ3v) is 5.90. The van der Waals surface area contributed by atoms with Crippen LogP contribution < -0.4 is 10.9 Å². The van der Waals surface area contributed by atoms with E-state index in [1.54, 1.807) is 10.6 Å². The van der Waals surface area contributed by atoms with Crippen LogP contribution in [0.25, 0.3) is 10.9 Å². The average Bonchev–Trinajstić information content (AvgIpc) is 3.20. The number of hydrogen-bond donors (Lipinski definition) is 1. The molecule has 2 aromatic rings. The number of rotatable bonds is 8. The largest absolute Gasteiger partial charge is 0.376 e. The summed E-state index contributed by atoms with van der Waals surface area (Å²) in [4.78, 5) is 29.9. The molecule has 1 N–H and O–H groups in total. The van der Waals surface area contributed by atoms with E-state index in [4.69, 9.17) is 4.74 Å². The van der Waals surface area contributed by atoms with E-state index in [1.165, 1.54) is 11.8 Å². The van der Waals surface area contributed by atoms with Gasteiger partial charge in [0.25, 0.3) is 5.56 Å². The molecule has 7 heteroatoms. The first-order valence-electron chi connectivity index (χ1n) is 9.65. The minimum absolute atomic E-state index is 0.0280. The van der Waals surface area contributed by atoms with Crippen LogP contribution in [0.5, 0.6) is 0 Å². The Morgan fingerprint density at radius 3 is 2.85 bits per heavy atom. The standard InChI is InChI=1S/C20H27N3O3S/c1-3-14(4-2)21-18(24)13-27-20-22-17-10-6-5-9-16(17)19(25)23(20)12-15-8-7-11-26-15/h5-6,9-10,14-15H,3-4,7-8,11-13H2,1-2H3,(H,21,24)/t15-/m1/s1. The lowest BCUT2D eigenvalue weighted by Gasteiger charge is -2.17. The molecule has 1 aromatic heterocycles. The summed E-state index contributed by atoms with van der Waals surface area (Å²) in [7, 11) is 0. The zero-order chi connectivity index (χ0) is 19.2. The van der Waals surface area contributed by atoms with Crippen molar-refractivity contribution in [2.45, 2.75) is 63.4 Å². The fraction of sp³-hybridized carbons (Fsp3) is 0.550. The van der Waals surface area contributed by atoms with E-state index < -0.39 is 0 Å². The van der Waals surface area contributed by atoms with Crippen molar-refractivity contribution in [2.24, 2.45) is 0 Å². The van der Waals surface area contributed by atoms with Crippen LogP contribution in [0.2, 0.25) is 0 Å². The smallest absolute Gasteiger partial charge is 0.262 e. The van der Waals surface area contributed by atoms with Crippen LogP contribution in [0.1, 0.15) is 39.5 Å². The molecule has 2 heterocycles. The minimum atomic E-state index is -0.0704. The molecule has 0 bridgehead atoms. The number of amides is 1. The lowest BCUT2D eigenvalue weighted by Crippen LogP contribution is -2.35. The second-order valence-corrected chi connectivity index (χ2v) is 7.77. The van der Waals surface area contributed by atoms with Gasteiger partial charge in [-0.15, -0.1) is 0 Å². The quantitative estimate of drug-likeness (QED) is 0.555. The number of hydrogen-bond acceptors (Lipinski definition) is 5. The first-order chi connectivity index (χ1) is 13.1. The van der Waals surface area contributed by atoms with Crippen LogP contribution in [0.3, 0.4) is 0 Å². The molecule has 1 aromatic carbocycles.